The third-order valence-corrected chi connectivity index (χ3v) is 6.72. The maximum atomic E-state index is 6.22. The van der Waals surface area contributed by atoms with Gasteiger partial charge in [0.05, 0.1) is 0 Å². The Hall–Kier alpha value is -4.30. The molecule has 0 amide bonds. The van der Waals surface area contributed by atoms with Crippen molar-refractivity contribution in [1.82, 2.24) is 0 Å². The van der Waals surface area contributed by atoms with Crippen LogP contribution in [0.2, 0.25) is 0 Å². The number of para-hydroxylation sites is 1. The zero-order chi connectivity index (χ0) is 24.7. The highest BCUT2D eigenvalue weighted by Gasteiger charge is 2.25. The molecule has 1 aromatic heterocycles. The maximum absolute atomic E-state index is 6.22. The third-order valence-electron chi connectivity index (χ3n) is 6.72. The number of hydrogen-bond acceptors (Lipinski definition) is 2. The Morgan fingerprint density at radius 3 is 1.89 bits per heavy atom. The molecule has 0 bridgehead atoms. The molecule has 0 atom stereocenters. The van der Waals surface area contributed by atoms with E-state index in [0.29, 0.717) is 0 Å². The van der Waals surface area contributed by atoms with E-state index in [-0.39, 0.29) is 5.54 Å². The van der Waals surface area contributed by atoms with Gasteiger partial charge >= 0.3 is 0 Å². The van der Waals surface area contributed by atoms with Gasteiger partial charge in [-0.25, -0.2) is 0 Å². The summed E-state index contributed by atoms with van der Waals surface area (Å²) in [5.41, 5.74) is 8.85. The van der Waals surface area contributed by atoms with Gasteiger partial charge in [0.25, 0.3) is 0 Å². The Kier molecular flexibility index (Phi) is 5.38. The summed E-state index contributed by atoms with van der Waals surface area (Å²) in [6.45, 7) is 6.75. The molecule has 176 valence electrons. The number of hydrogen-bond donors (Lipinski definition) is 0. The molecule has 6 rings (SSSR count). The minimum Gasteiger partial charge on any atom is -0.456 e. The average Bonchev–Trinajstić information content (AvgIpc) is 3.27. The van der Waals surface area contributed by atoms with Crippen molar-refractivity contribution >= 4 is 33.3 Å². The highest BCUT2D eigenvalue weighted by atomic mass is 16.3. The van der Waals surface area contributed by atoms with Crippen molar-refractivity contribution in [2.75, 3.05) is 4.90 Å². The van der Waals surface area contributed by atoms with E-state index in [9.17, 15) is 0 Å². The van der Waals surface area contributed by atoms with Crippen LogP contribution in [0.25, 0.3) is 44.2 Å². The van der Waals surface area contributed by atoms with Crippen LogP contribution in [-0.2, 0) is 0 Å². The standard InChI is InChI=1S/C34H29NO/c1-34(2,3)35(27-20-21-31-30-18-9-10-19-32(30)36-33(31)23-27)26-15-11-14-25(22-26)29-17-8-7-16-28(29)24-12-5-4-6-13-24/h4-23H,1-3H3. The zero-order valence-corrected chi connectivity index (χ0v) is 20.9. The van der Waals surface area contributed by atoms with Gasteiger partial charge in [0.1, 0.15) is 11.2 Å². The smallest absolute Gasteiger partial charge is 0.137 e. The molecule has 2 nitrogen and oxygen atoms in total. The lowest BCUT2D eigenvalue weighted by molar-refractivity contribution is 0.560. The second kappa shape index (κ2) is 8.73. The Morgan fingerprint density at radius 1 is 0.500 bits per heavy atom. The van der Waals surface area contributed by atoms with Gasteiger partial charge in [-0.1, -0.05) is 84.9 Å². The van der Waals surface area contributed by atoms with Crippen molar-refractivity contribution in [1.29, 1.82) is 0 Å². The van der Waals surface area contributed by atoms with Crippen molar-refractivity contribution in [3.63, 3.8) is 0 Å². The monoisotopic (exact) mass is 467 g/mol. The quantitative estimate of drug-likeness (QED) is 0.256. The van der Waals surface area contributed by atoms with E-state index >= 15 is 0 Å². The molecule has 1 heterocycles. The molecule has 0 radical (unpaired) electrons. The van der Waals surface area contributed by atoms with E-state index in [1.165, 1.54) is 22.3 Å². The lowest BCUT2D eigenvalue weighted by Crippen LogP contribution is -2.37. The van der Waals surface area contributed by atoms with E-state index in [1.807, 2.05) is 12.1 Å². The van der Waals surface area contributed by atoms with Gasteiger partial charge in [-0.05, 0) is 73.4 Å². The lowest BCUT2D eigenvalue weighted by atomic mass is 9.93. The molecule has 0 saturated carbocycles. The number of furan rings is 1. The highest BCUT2D eigenvalue weighted by molar-refractivity contribution is 6.05. The Bertz CT molecular complexity index is 1670. The van der Waals surface area contributed by atoms with Crippen molar-refractivity contribution in [2.24, 2.45) is 0 Å². The summed E-state index contributed by atoms with van der Waals surface area (Å²) in [5.74, 6) is 0. The van der Waals surface area contributed by atoms with Gasteiger partial charge in [-0.3, -0.25) is 0 Å². The fraction of sp³-hybridized carbons (Fsp3) is 0.118. The summed E-state index contributed by atoms with van der Waals surface area (Å²) < 4.78 is 6.22. The van der Waals surface area contributed by atoms with Crippen LogP contribution in [0.15, 0.2) is 126 Å². The molecule has 5 aromatic carbocycles. The fourth-order valence-electron chi connectivity index (χ4n) is 5.19. The molecular weight excluding hydrogens is 438 g/mol. The average molecular weight is 468 g/mol. The topological polar surface area (TPSA) is 16.4 Å². The van der Waals surface area contributed by atoms with Crippen LogP contribution < -0.4 is 4.90 Å². The van der Waals surface area contributed by atoms with Crippen molar-refractivity contribution in [2.45, 2.75) is 26.3 Å². The number of anilines is 2. The molecule has 6 aromatic rings. The Labute approximate surface area is 212 Å². The van der Waals surface area contributed by atoms with Crippen LogP contribution in [0.4, 0.5) is 11.4 Å². The zero-order valence-electron chi connectivity index (χ0n) is 20.9. The van der Waals surface area contributed by atoms with Crippen LogP contribution in [-0.4, -0.2) is 5.54 Å². The Balaban J connectivity index is 1.48. The first kappa shape index (κ1) is 22.2. The van der Waals surface area contributed by atoms with E-state index < -0.39 is 0 Å². The van der Waals surface area contributed by atoms with Crippen LogP contribution in [0, 0.1) is 0 Å². The summed E-state index contributed by atoms with van der Waals surface area (Å²) in [6.07, 6.45) is 0. The molecule has 0 N–H and O–H groups in total. The SMILES string of the molecule is CC(C)(C)N(c1cccc(-c2ccccc2-c2ccccc2)c1)c1ccc2c(c1)oc1ccccc12. The second-order valence-electron chi connectivity index (χ2n) is 10.2. The summed E-state index contributed by atoms with van der Waals surface area (Å²) in [6, 6.07) is 42.9. The number of fused-ring (bicyclic) bond motifs is 3. The third kappa shape index (κ3) is 3.95. The fourth-order valence-corrected chi connectivity index (χ4v) is 5.19. The van der Waals surface area contributed by atoms with E-state index in [4.69, 9.17) is 4.42 Å². The van der Waals surface area contributed by atoms with Crippen LogP contribution in [0.5, 0.6) is 0 Å². The first-order valence-electron chi connectivity index (χ1n) is 12.5. The van der Waals surface area contributed by atoms with Gasteiger partial charge in [-0.2, -0.15) is 0 Å². The van der Waals surface area contributed by atoms with Gasteiger partial charge in [0.15, 0.2) is 0 Å². The summed E-state index contributed by atoms with van der Waals surface area (Å²) >= 11 is 0. The maximum Gasteiger partial charge on any atom is 0.137 e. The normalized spacial score (nSPS) is 11.8. The van der Waals surface area contributed by atoms with Gasteiger partial charge in [0.2, 0.25) is 0 Å². The molecule has 0 fully saturated rings. The molecule has 2 heteroatoms. The summed E-state index contributed by atoms with van der Waals surface area (Å²) in [4.78, 5) is 2.40. The van der Waals surface area contributed by atoms with Gasteiger partial charge in [0, 0.05) is 33.8 Å². The number of benzene rings is 5. The molecule has 0 saturated heterocycles. The largest absolute Gasteiger partial charge is 0.456 e. The van der Waals surface area contributed by atoms with E-state index in [1.54, 1.807) is 0 Å². The van der Waals surface area contributed by atoms with E-state index in [0.717, 1.165) is 33.3 Å². The number of nitrogens with zero attached hydrogens (tertiary/aromatic N) is 1. The first-order valence-corrected chi connectivity index (χ1v) is 12.5. The van der Waals surface area contributed by atoms with Crippen molar-refractivity contribution < 1.29 is 4.42 Å². The van der Waals surface area contributed by atoms with Crippen LogP contribution in [0.3, 0.4) is 0 Å². The molecular formula is C34H29NO. The van der Waals surface area contributed by atoms with Crippen LogP contribution in [0.1, 0.15) is 20.8 Å². The van der Waals surface area contributed by atoms with Gasteiger partial charge < -0.3 is 9.32 Å². The Morgan fingerprint density at radius 2 is 1.11 bits per heavy atom. The highest BCUT2D eigenvalue weighted by Crippen LogP contribution is 2.40. The molecule has 0 aliphatic rings. The molecule has 0 spiro atoms. The van der Waals surface area contributed by atoms with Crippen LogP contribution >= 0.6 is 0 Å². The second-order valence-corrected chi connectivity index (χ2v) is 10.2. The van der Waals surface area contributed by atoms with E-state index in [2.05, 4.69) is 135 Å². The minimum atomic E-state index is -0.142. The molecule has 0 aliphatic heterocycles. The first-order chi connectivity index (χ1) is 17.5. The molecule has 0 aliphatic carbocycles. The predicted octanol–water partition coefficient (Wildman–Crippen LogP) is 9.86. The van der Waals surface area contributed by atoms with Crippen molar-refractivity contribution in [3.05, 3.63) is 121 Å². The van der Waals surface area contributed by atoms with Gasteiger partial charge in [-0.15, -0.1) is 0 Å². The number of rotatable bonds is 4. The lowest BCUT2D eigenvalue weighted by Gasteiger charge is -2.38. The summed E-state index contributed by atoms with van der Waals surface area (Å²) in [7, 11) is 0. The predicted molar refractivity (Wildman–Crippen MR) is 153 cm³/mol. The summed E-state index contributed by atoms with van der Waals surface area (Å²) in [5, 5.41) is 2.30. The molecule has 0 unspecified atom stereocenters. The molecule has 36 heavy (non-hydrogen) atoms. The minimum absolute atomic E-state index is 0.142. The van der Waals surface area contributed by atoms with Crippen molar-refractivity contribution in [3.8, 4) is 22.3 Å².